The minimum atomic E-state index is -0.0476. The number of rotatable bonds is 5. The van der Waals surface area contributed by atoms with Gasteiger partial charge in [0, 0.05) is 6.54 Å². The first-order valence-corrected chi connectivity index (χ1v) is 8.59. The van der Waals surface area contributed by atoms with E-state index in [9.17, 15) is 4.79 Å². The lowest BCUT2D eigenvalue weighted by molar-refractivity contribution is 0.0917. The summed E-state index contributed by atoms with van der Waals surface area (Å²) in [6, 6.07) is 4.00. The lowest BCUT2D eigenvalue weighted by Crippen LogP contribution is -2.40. The van der Waals surface area contributed by atoms with Crippen LogP contribution >= 0.6 is 11.3 Å². The molecule has 1 amide bonds. The third-order valence-electron chi connectivity index (χ3n) is 4.11. The molecule has 1 fully saturated rings. The Morgan fingerprint density at radius 1 is 1.45 bits per heavy atom. The molecule has 0 saturated carbocycles. The average Bonchev–Trinajstić information content (AvgIpc) is 3.20. The molecule has 0 bridgehead atoms. The van der Waals surface area contributed by atoms with Crippen molar-refractivity contribution in [2.24, 2.45) is 0 Å². The van der Waals surface area contributed by atoms with Crippen molar-refractivity contribution in [1.82, 2.24) is 15.2 Å². The van der Waals surface area contributed by atoms with Gasteiger partial charge >= 0.3 is 0 Å². The van der Waals surface area contributed by atoms with Gasteiger partial charge in [0.1, 0.15) is 10.6 Å². The van der Waals surface area contributed by atoms with Crippen LogP contribution in [0, 0.1) is 6.92 Å². The summed E-state index contributed by atoms with van der Waals surface area (Å²) in [6.07, 6.45) is 5.40. The highest BCUT2D eigenvalue weighted by atomic mass is 32.1. The monoisotopic (exact) mass is 319 g/mol. The fourth-order valence-corrected chi connectivity index (χ4v) is 3.63. The van der Waals surface area contributed by atoms with Crippen LogP contribution in [0.1, 0.15) is 46.4 Å². The quantitative estimate of drug-likeness (QED) is 0.920. The molecular weight excluding hydrogens is 298 g/mol. The number of carbonyl (C=O) groups excluding carboxylic acids is 1. The molecule has 2 aromatic heterocycles. The molecule has 118 valence electrons. The highest BCUT2D eigenvalue weighted by Gasteiger charge is 2.25. The van der Waals surface area contributed by atoms with Crippen molar-refractivity contribution >= 4 is 17.2 Å². The minimum Gasteiger partial charge on any atom is -0.468 e. The van der Waals surface area contributed by atoms with Gasteiger partial charge in [0.25, 0.3) is 5.91 Å². The van der Waals surface area contributed by atoms with Crippen LogP contribution in [0.5, 0.6) is 0 Å². The third kappa shape index (κ3) is 3.39. The van der Waals surface area contributed by atoms with Gasteiger partial charge in [0.2, 0.25) is 0 Å². The zero-order valence-corrected chi connectivity index (χ0v) is 13.6. The summed E-state index contributed by atoms with van der Waals surface area (Å²) in [5.74, 6) is 0.872. The molecule has 5 nitrogen and oxygen atoms in total. The molecule has 0 spiro atoms. The molecule has 0 aliphatic carbocycles. The number of hydrogen-bond acceptors (Lipinski definition) is 5. The topological polar surface area (TPSA) is 58.4 Å². The maximum atomic E-state index is 12.3. The van der Waals surface area contributed by atoms with Crippen LogP contribution in [0.4, 0.5) is 0 Å². The van der Waals surface area contributed by atoms with Crippen LogP contribution in [0.3, 0.4) is 0 Å². The van der Waals surface area contributed by atoms with Crippen LogP contribution in [0.25, 0.3) is 0 Å². The Balaban J connectivity index is 1.68. The number of aromatic nitrogens is 1. The molecule has 3 rings (SSSR count). The van der Waals surface area contributed by atoms with E-state index in [1.54, 1.807) is 11.8 Å². The lowest BCUT2D eigenvalue weighted by Gasteiger charge is -2.33. The maximum absolute atomic E-state index is 12.3. The first-order chi connectivity index (χ1) is 10.8. The Morgan fingerprint density at radius 3 is 2.91 bits per heavy atom. The van der Waals surface area contributed by atoms with Crippen LogP contribution in [-0.4, -0.2) is 35.4 Å². The molecule has 1 N–H and O–H groups in total. The molecular formula is C16H21N3O2S. The summed E-state index contributed by atoms with van der Waals surface area (Å²) < 4.78 is 5.59. The van der Waals surface area contributed by atoms with Gasteiger partial charge in [-0.25, -0.2) is 4.98 Å². The molecule has 0 radical (unpaired) electrons. The zero-order chi connectivity index (χ0) is 15.4. The second-order valence-electron chi connectivity index (χ2n) is 5.60. The highest BCUT2D eigenvalue weighted by molar-refractivity contribution is 7.11. The fourth-order valence-electron chi connectivity index (χ4n) is 2.91. The summed E-state index contributed by atoms with van der Waals surface area (Å²) in [6.45, 7) is 4.53. The summed E-state index contributed by atoms with van der Waals surface area (Å²) in [5, 5.41) is 3.04. The summed E-state index contributed by atoms with van der Waals surface area (Å²) in [5.41, 5.74) is 2.49. The van der Waals surface area contributed by atoms with Crippen molar-refractivity contribution in [3.8, 4) is 0 Å². The number of nitrogens with one attached hydrogen (secondary N) is 1. The first-order valence-electron chi connectivity index (χ1n) is 7.71. The minimum absolute atomic E-state index is 0.0476. The molecule has 22 heavy (non-hydrogen) atoms. The smallest absolute Gasteiger partial charge is 0.263 e. The molecule has 1 aliphatic heterocycles. The van der Waals surface area contributed by atoms with Crippen LogP contribution in [0.2, 0.25) is 0 Å². The summed E-state index contributed by atoms with van der Waals surface area (Å²) >= 11 is 1.38. The number of amides is 1. The van der Waals surface area contributed by atoms with E-state index in [2.05, 4.69) is 15.2 Å². The fraction of sp³-hybridized carbons (Fsp3) is 0.500. The van der Waals surface area contributed by atoms with Crippen LogP contribution < -0.4 is 5.32 Å². The van der Waals surface area contributed by atoms with Crippen LogP contribution in [-0.2, 0) is 0 Å². The van der Waals surface area contributed by atoms with Gasteiger partial charge in [-0.2, -0.15) is 0 Å². The Morgan fingerprint density at radius 2 is 2.27 bits per heavy atom. The largest absolute Gasteiger partial charge is 0.468 e. The van der Waals surface area contributed by atoms with E-state index in [0.717, 1.165) is 24.5 Å². The standard InChI is InChI=1S/C16H21N3O2S/c1-12-15(22-11-18-12)16(20)17-10-13(14-6-5-9-21-14)19-7-3-2-4-8-19/h5-6,9,11,13H,2-4,7-8,10H2,1H3,(H,17,20). The Hall–Kier alpha value is -1.66. The predicted molar refractivity (Wildman–Crippen MR) is 86.1 cm³/mol. The van der Waals surface area contributed by atoms with E-state index in [0.29, 0.717) is 11.4 Å². The molecule has 1 unspecified atom stereocenters. The highest BCUT2D eigenvalue weighted by Crippen LogP contribution is 2.24. The van der Waals surface area contributed by atoms with E-state index >= 15 is 0 Å². The number of nitrogens with zero attached hydrogens (tertiary/aromatic N) is 2. The third-order valence-corrected chi connectivity index (χ3v) is 5.04. The van der Waals surface area contributed by atoms with Crippen molar-refractivity contribution in [3.63, 3.8) is 0 Å². The van der Waals surface area contributed by atoms with E-state index in [4.69, 9.17) is 4.42 Å². The summed E-state index contributed by atoms with van der Waals surface area (Å²) in [4.78, 5) is 19.5. The van der Waals surface area contributed by atoms with E-state index in [1.807, 2.05) is 19.1 Å². The summed E-state index contributed by atoms with van der Waals surface area (Å²) in [7, 11) is 0. The molecule has 0 aromatic carbocycles. The second-order valence-corrected chi connectivity index (χ2v) is 6.46. The Kier molecular flexibility index (Phi) is 4.90. The van der Waals surface area contributed by atoms with Gasteiger partial charge in [-0.15, -0.1) is 11.3 Å². The first kappa shape index (κ1) is 15.2. The number of thiazole rings is 1. The number of aryl methyl sites for hydroxylation is 1. The molecule has 6 heteroatoms. The van der Waals surface area contributed by atoms with Gasteiger partial charge in [-0.1, -0.05) is 6.42 Å². The van der Waals surface area contributed by atoms with E-state index in [-0.39, 0.29) is 11.9 Å². The molecule has 1 aliphatic rings. The van der Waals surface area contributed by atoms with Gasteiger partial charge in [-0.05, 0) is 45.0 Å². The van der Waals surface area contributed by atoms with Crippen molar-refractivity contribution in [1.29, 1.82) is 0 Å². The van der Waals surface area contributed by atoms with Crippen molar-refractivity contribution in [2.75, 3.05) is 19.6 Å². The number of likely N-dealkylation sites (tertiary alicyclic amines) is 1. The maximum Gasteiger partial charge on any atom is 0.263 e. The van der Waals surface area contributed by atoms with Gasteiger partial charge in [0.15, 0.2) is 0 Å². The number of piperidine rings is 1. The van der Waals surface area contributed by atoms with Gasteiger partial charge < -0.3 is 9.73 Å². The van der Waals surface area contributed by atoms with Crippen molar-refractivity contribution in [3.05, 3.63) is 40.2 Å². The molecule has 3 heterocycles. The zero-order valence-electron chi connectivity index (χ0n) is 12.7. The lowest BCUT2D eigenvalue weighted by atomic mass is 10.1. The normalized spacial score (nSPS) is 17.3. The number of hydrogen-bond donors (Lipinski definition) is 1. The molecule has 2 aromatic rings. The van der Waals surface area contributed by atoms with Crippen molar-refractivity contribution in [2.45, 2.75) is 32.2 Å². The van der Waals surface area contributed by atoms with E-state index in [1.165, 1.54) is 30.6 Å². The second kappa shape index (κ2) is 7.07. The molecule has 1 atom stereocenters. The number of furan rings is 1. The Bertz CT molecular complexity index is 603. The van der Waals surface area contributed by atoms with Crippen molar-refractivity contribution < 1.29 is 9.21 Å². The average molecular weight is 319 g/mol. The Labute approximate surface area is 134 Å². The number of carbonyl (C=O) groups is 1. The van der Waals surface area contributed by atoms with Gasteiger partial charge in [-0.3, -0.25) is 9.69 Å². The predicted octanol–water partition coefficient (Wildman–Crippen LogP) is 3.00. The SMILES string of the molecule is Cc1ncsc1C(=O)NCC(c1ccco1)N1CCCCC1. The molecule has 1 saturated heterocycles. The van der Waals surface area contributed by atoms with Crippen LogP contribution in [0.15, 0.2) is 28.3 Å². The van der Waals surface area contributed by atoms with Gasteiger partial charge in [0.05, 0.1) is 23.5 Å². The van der Waals surface area contributed by atoms with E-state index < -0.39 is 0 Å².